The lowest BCUT2D eigenvalue weighted by Gasteiger charge is -2.15. The van der Waals surface area contributed by atoms with Gasteiger partial charge >= 0.3 is 0 Å². The SMILES string of the molecule is Cc1ccc(OC(C)C(=O)NCCN)c(Br)c1.Cl. The normalized spacial score (nSPS) is 11.3. The van der Waals surface area contributed by atoms with E-state index in [1.807, 2.05) is 25.1 Å². The van der Waals surface area contributed by atoms with Gasteiger partial charge in [0.2, 0.25) is 0 Å². The number of nitrogens with two attached hydrogens (primary N) is 1. The Hall–Kier alpha value is -0.780. The number of carbonyl (C=O) groups is 1. The number of ether oxygens (including phenoxy) is 1. The summed E-state index contributed by atoms with van der Waals surface area (Å²) >= 11 is 3.40. The highest BCUT2D eigenvalue weighted by Gasteiger charge is 2.15. The monoisotopic (exact) mass is 336 g/mol. The maximum absolute atomic E-state index is 11.6. The molecule has 0 aliphatic carbocycles. The highest BCUT2D eigenvalue weighted by molar-refractivity contribution is 9.10. The first-order valence-corrected chi connectivity index (χ1v) is 6.24. The predicted octanol–water partition coefficient (Wildman–Crippen LogP) is 2.02. The molecular weight excluding hydrogens is 320 g/mol. The Kier molecular flexibility index (Phi) is 7.98. The van der Waals surface area contributed by atoms with E-state index in [2.05, 4.69) is 21.2 Å². The quantitative estimate of drug-likeness (QED) is 0.864. The zero-order chi connectivity index (χ0) is 12.8. The van der Waals surface area contributed by atoms with Gasteiger partial charge in [-0.3, -0.25) is 4.79 Å². The minimum atomic E-state index is -0.541. The fraction of sp³-hybridized carbons (Fsp3) is 0.417. The smallest absolute Gasteiger partial charge is 0.260 e. The third-order valence-corrected chi connectivity index (χ3v) is 2.82. The van der Waals surface area contributed by atoms with Gasteiger partial charge in [0.25, 0.3) is 5.91 Å². The largest absolute Gasteiger partial charge is 0.480 e. The zero-order valence-corrected chi connectivity index (χ0v) is 12.8. The Morgan fingerprint density at radius 2 is 2.22 bits per heavy atom. The Morgan fingerprint density at radius 3 is 2.78 bits per heavy atom. The van der Waals surface area contributed by atoms with Crippen molar-refractivity contribution in [2.24, 2.45) is 5.73 Å². The molecule has 1 unspecified atom stereocenters. The van der Waals surface area contributed by atoms with E-state index in [4.69, 9.17) is 10.5 Å². The molecule has 0 saturated heterocycles. The van der Waals surface area contributed by atoms with Crippen LogP contribution < -0.4 is 15.8 Å². The highest BCUT2D eigenvalue weighted by atomic mass is 79.9. The van der Waals surface area contributed by atoms with Crippen LogP contribution >= 0.6 is 28.3 Å². The number of benzene rings is 1. The van der Waals surface area contributed by atoms with Crippen LogP contribution in [0.2, 0.25) is 0 Å². The average Bonchev–Trinajstić information content (AvgIpc) is 2.29. The maximum Gasteiger partial charge on any atom is 0.260 e. The third-order valence-electron chi connectivity index (χ3n) is 2.20. The molecule has 18 heavy (non-hydrogen) atoms. The highest BCUT2D eigenvalue weighted by Crippen LogP contribution is 2.26. The van der Waals surface area contributed by atoms with Crippen LogP contribution in [0.5, 0.6) is 5.75 Å². The van der Waals surface area contributed by atoms with Crippen molar-refractivity contribution in [3.8, 4) is 5.75 Å². The van der Waals surface area contributed by atoms with Crippen LogP contribution in [0.25, 0.3) is 0 Å². The molecule has 4 nitrogen and oxygen atoms in total. The molecule has 1 rings (SSSR count). The molecule has 1 aromatic rings. The second-order valence-corrected chi connectivity index (χ2v) is 4.63. The van der Waals surface area contributed by atoms with Crippen molar-refractivity contribution in [2.45, 2.75) is 20.0 Å². The second kappa shape index (κ2) is 8.34. The number of hydrogen-bond donors (Lipinski definition) is 2. The van der Waals surface area contributed by atoms with Crippen molar-refractivity contribution in [3.63, 3.8) is 0 Å². The van der Waals surface area contributed by atoms with Gasteiger partial charge in [0.05, 0.1) is 4.47 Å². The van der Waals surface area contributed by atoms with Crippen LogP contribution in [0.4, 0.5) is 0 Å². The number of rotatable bonds is 5. The van der Waals surface area contributed by atoms with Crippen molar-refractivity contribution in [1.82, 2.24) is 5.32 Å². The van der Waals surface area contributed by atoms with Crippen LogP contribution in [-0.2, 0) is 4.79 Å². The van der Waals surface area contributed by atoms with E-state index in [-0.39, 0.29) is 18.3 Å². The number of nitrogens with one attached hydrogen (secondary N) is 1. The number of halogens is 2. The van der Waals surface area contributed by atoms with Gasteiger partial charge in [-0.05, 0) is 47.5 Å². The maximum atomic E-state index is 11.6. The first-order valence-electron chi connectivity index (χ1n) is 5.45. The van der Waals surface area contributed by atoms with Gasteiger partial charge in [0.15, 0.2) is 6.10 Å². The Balaban J connectivity index is 0.00000289. The average molecular weight is 338 g/mol. The van der Waals surface area contributed by atoms with Gasteiger partial charge in [-0.25, -0.2) is 0 Å². The molecule has 1 aromatic carbocycles. The molecule has 0 bridgehead atoms. The molecule has 1 amide bonds. The van der Waals surface area contributed by atoms with Gasteiger partial charge in [0.1, 0.15) is 5.75 Å². The lowest BCUT2D eigenvalue weighted by Crippen LogP contribution is -2.38. The summed E-state index contributed by atoms with van der Waals surface area (Å²) in [6.45, 7) is 4.58. The summed E-state index contributed by atoms with van der Waals surface area (Å²) in [5.74, 6) is 0.494. The Labute approximate surface area is 122 Å². The molecular formula is C12H18BrClN2O2. The van der Waals surface area contributed by atoms with E-state index < -0.39 is 6.10 Å². The summed E-state index contributed by atoms with van der Waals surface area (Å²) in [6, 6.07) is 5.72. The van der Waals surface area contributed by atoms with Crippen molar-refractivity contribution in [1.29, 1.82) is 0 Å². The van der Waals surface area contributed by atoms with E-state index >= 15 is 0 Å². The molecule has 0 aliphatic heterocycles. The fourth-order valence-electron chi connectivity index (χ4n) is 1.28. The predicted molar refractivity (Wildman–Crippen MR) is 78.3 cm³/mol. The molecule has 0 fully saturated rings. The molecule has 0 aromatic heterocycles. The molecule has 0 radical (unpaired) electrons. The van der Waals surface area contributed by atoms with Crippen molar-refractivity contribution >= 4 is 34.2 Å². The van der Waals surface area contributed by atoms with Crippen LogP contribution in [0, 0.1) is 6.92 Å². The van der Waals surface area contributed by atoms with E-state index in [0.717, 1.165) is 10.0 Å². The Morgan fingerprint density at radius 1 is 1.56 bits per heavy atom. The fourth-order valence-corrected chi connectivity index (χ4v) is 1.87. The van der Waals surface area contributed by atoms with E-state index in [0.29, 0.717) is 18.8 Å². The summed E-state index contributed by atoms with van der Waals surface area (Å²) in [4.78, 5) is 11.6. The summed E-state index contributed by atoms with van der Waals surface area (Å²) in [5, 5.41) is 2.68. The zero-order valence-electron chi connectivity index (χ0n) is 10.4. The van der Waals surface area contributed by atoms with Crippen molar-refractivity contribution < 1.29 is 9.53 Å². The molecule has 0 spiro atoms. The standard InChI is InChI=1S/C12H17BrN2O2.ClH/c1-8-3-4-11(10(13)7-8)17-9(2)12(16)15-6-5-14;/h3-4,7,9H,5-6,14H2,1-2H3,(H,15,16);1H. The molecule has 0 saturated carbocycles. The lowest BCUT2D eigenvalue weighted by molar-refractivity contribution is -0.127. The van der Waals surface area contributed by atoms with Crippen molar-refractivity contribution in [2.75, 3.05) is 13.1 Å². The lowest BCUT2D eigenvalue weighted by atomic mass is 10.2. The van der Waals surface area contributed by atoms with Crippen molar-refractivity contribution in [3.05, 3.63) is 28.2 Å². The minimum Gasteiger partial charge on any atom is -0.480 e. The van der Waals surface area contributed by atoms with Crippen LogP contribution in [0.3, 0.4) is 0 Å². The second-order valence-electron chi connectivity index (χ2n) is 3.77. The van der Waals surface area contributed by atoms with E-state index in [1.165, 1.54) is 0 Å². The summed E-state index contributed by atoms with van der Waals surface area (Å²) in [6.07, 6.45) is -0.541. The summed E-state index contributed by atoms with van der Waals surface area (Å²) < 4.78 is 6.40. The summed E-state index contributed by atoms with van der Waals surface area (Å²) in [7, 11) is 0. The van der Waals surface area contributed by atoms with Crippen LogP contribution in [-0.4, -0.2) is 25.1 Å². The number of carbonyl (C=O) groups excluding carboxylic acids is 1. The molecule has 1 atom stereocenters. The van der Waals surface area contributed by atoms with Crippen LogP contribution in [0.1, 0.15) is 12.5 Å². The van der Waals surface area contributed by atoms with E-state index in [9.17, 15) is 4.79 Å². The first kappa shape index (κ1) is 17.2. The molecule has 3 N–H and O–H groups in total. The van der Waals surface area contributed by atoms with Crippen LogP contribution in [0.15, 0.2) is 22.7 Å². The third kappa shape index (κ3) is 5.25. The first-order chi connectivity index (χ1) is 8.04. The van der Waals surface area contributed by atoms with Gasteiger partial charge in [-0.15, -0.1) is 12.4 Å². The van der Waals surface area contributed by atoms with Gasteiger partial charge in [-0.1, -0.05) is 6.07 Å². The topological polar surface area (TPSA) is 64.3 Å². The number of amides is 1. The minimum absolute atomic E-state index is 0. The molecule has 0 aliphatic rings. The number of aryl methyl sites for hydroxylation is 1. The molecule has 102 valence electrons. The van der Waals surface area contributed by atoms with E-state index in [1.54, 1.807) is 6.92 Å². The molecule has 6 heteroatoms. The molecule has 0 heterocycles. The van der Waals surface area contributed by atoms with Gasteiger partial charge in [0, 0.05) is 13.1 Å². The number of hydrogen-bond acceptors (Lipinski definition) is 3. The Bertz CT molecular complexity index is 402. The van der Waals surface area contributed by atoms with Gasteiger partial charge in [-0.2, -0.15) is 0 Å². The summed E-state index contributed by atoms with van der Waals surface area (Å²) in [5.41, 5.74) is 6.44. The van der Waals surface area contributed by atoms with Gasteiger partial charge < -0.3 is 15.8 Å².